The lowest BCUT2D eigenvalue weighted by Gasteiger charge is -2.03. The molecule has 0 saturated carbocycles. The third kappa shape index (κ3) is 7.40. The van der Waals surface area contributed by atoms with Crippen LogP contribution < -0.4 is 5.32 Å². The van der Waals surface area contributed by atoms with Crippen molar-refractivity contribution < 1.29 is 8.78 Å². The average Bonchev–Trinajstić information content (AvgIpc) is 2.10. The first-order valence-electron chi connectivity index (χ1n) is 4.13. The Morgan fingerprint density at radius 1 is 1.54 bits per heavy atom. The molecule has 74 valence electrons. The fourth-order valence-electron chi connectivity index (χ4n) is 0.774. The summed E-state index contributed by atoms with van der Waals surface area (Å²) in [5.41, 5.74) is 0.973. The highest BCUT2D eigenvalue weighted by Crippen LogP contribution is 1.96. The van der Waals surface area contributed by atoms with Gasteiger partial charge in [-0.25, -0.2) is 8.78 Å². The van der Waals surface area contributed by atoms with Gasteiger partial charge < -0.3 is 5.32 Å². The van der Waals surface area contributed by atoms with Crippen LogP contribution in [0, 0.1) is 0 Å². The molecule has 1 N–H and O–H groups in total. The molecular weight excluding hydrogens is 172 g/mol. The summed E-state index contributed by atoms with van der Waals surface area (Å²) in [7, 11) is 0. The van der Waals surface area contributed by atoms with E-state index in [1.54, 1.807) is 12.2 Å². The monoisotopic (exact) mass is 187 g/mol. The first kappa shape index (κ1) is 12.0. The minimum atomic E-state index is -2.29. The number of hydrogen-bond donors (Lipinski definition) is 1. The van der Waals surface area contributed by atoms with Crippen LogP contribution in [0.15, 0.2) is 36.5 Å². The van der Waals surface area contributed by atoms with Gasteiger partial charge in [0.15, 0.2) is 0 Å². The summed E-state index contributed by atoms with van der Waals surface area (Å²) in [5.74, 6) is 0. The van der Waals surface area contributed by atoms with Gasteiger partial charge in [-0.2, -0.15) is 0 Å². The predicted octanol–water partition coefficient (Wildman–Crippen LogP) is 2.53. The highest BCUT2D eigenvalue weighted by atomic mass is 19.3. The standard InChI is InChI=1S/C10H15F2N/c1-3-5-6-9(4-2)7-13-8-10(11)12/h3-6,10,13H,1,7-8H2,2H3/b6-5-,9-4+. The smallest absolute Gasteiger partial charge is 0.250 e. The molecule has 0 aromatic carbocycles. The first-order valence-corrected chi connectivity index (χ1v) is 4.13. The van der Waals surface area contributed by atoms with Crippen LogP contribution in [0.5, 0.6) is 0 Å². The second kappa shape index (κ2) is 7.68. The minimum absolute atomic E-state index is 0.265. The quantitative estimate of drug-likeness (QED) is 0.630. The van der Waals surface area contributed by atoms with Crippen molar-refractivity contribution >= 4 is 0 Å². The van der Waals surface area contributed by atoms with Crippen molar-refractivity contribution in [3.8, 4) is 0 Å². The second-order valence-electron chi connectivity index (χ2n) is 2.48. The van der Waals surface area contributed by atoms with E-state index >= 15 is 0 Å². The van der Waals surface area contributed by atoms with E-state index in [1.807, 2.05) is 19.1 Å². The van der Waals surface area contributed by atoms with Gasteiger partial charge in [-0.1, -0.05) is 30.9 Å². The zero-order valence-corrected chi connectivity index (χ0v) is 7.76. The molecule has 0 bridgehead atoms. The van der Waals surface area contributed by atoms with Gasteiger partial charge >= 0.3 is 0 Å². The number of halogens is 2. The molecule has 0 atom stereocenters. The SMILES string of the molecule is C=C/C=C\C(=C/C)CNCC(F)F. The van der Waals surface area contributed by atoms with Gasteiger partial charge in [0, 0.05) is 6.54 Å². The van der Waals surface area contributed by atoms with Crippen LogP contribution in [-0.2, 0) is 0 Å². The number of hydrogen-bond acceptors (Lipinski definition) is 1. The maximum atomic E-state index is 11.7. The second-order valence-corrected chi connectivity index (χ2v) is 2.48. The van der Waals surface area contributed by atoms with Crippen molar-refractivity contribution in [2.45, 2.75) is 13.3 Å². The van der Waals surface area contributed by atoms with E-state index in [4.69, 9.17) is 0 Å². The molecule has 0 aliphatic carbocycles. The molecule has 13 heavy (non-hydrogen) atoms. The van der Waals surface area contributed by atoms with E-state index in [-0.39, 0.29) is 6.54 Å². The van der Waals surface area contributed by atoms with E-state index in [0.29, 0.717) is 6.54 Å². The molecule has 0 saturated heterocycles. The molecule has 0 amide bonds. The Labute approximate surface area is 77.8 Å². The lowest BCUT2D eigenvalue weighted by Crippen LogP contribution is -2.23. The number of rotatable bonds is 6. The zero-order chi connectivity index (χ0) is 10.1. The van der Waals surface area contributed by atoms with E-state index in [1.165, 1.54) is 0 Å². The summed E-state index contributed by atoms with van der Waals surface area (Å²) in [6.45, 7) is 5.59. The van der Waals surface area contributed by atoms with Crippen molar-refractivity contribution in [2.24, 2.45) is 0 Å². The van der Waals surface area contributed by atoms with Crippen LogP contribution in [0.3, 0.4) is 0 Å². The average molecular weight is 187 g/mol. The van der Waals surface area contributed by atoms with Crippen molar-refractivity contribution in [2.75, 3.05) is 13.1 Å². The molecule has 1 nitrogen and oxygen atoms in total. The van der Waals surface area contributed by atoms with E-state index < -0.39 is 6.43 Å². The first-order chi connectivity index (χ1) is 6.20. The van der Waals surface area contributed by atoms with E-state index in [9.17, 15) is 8.78 Å². The summed E-state index contributed by atoms with van der Waals surface area (Å²) in [4.78, 5) is 0. The van der Waals surface area contributed by atoms with Crippen LogP contribution in [0.4, 0.5) is 8.78 Å². The van der Waals surface area contributed by atoms with Crippen LogP contribution in [-0.4, -0.2) is 19.5 Å². The Balaban J connectivity index is 3.74. The fourth-order valence-corrected chi connectivity index (χ4v) is 0.774. The van der Waals surface area contributed by atoms with E-state index in [2.05, 4.69) is 11.9 Å². The van der Waals surface area contributed by atoms with Gasteiger partial charge in [0.05, 0.1) is 6.54 Å². The summed E-state index contributed by atoms with van der Waals surface area (Å²) in [6, 6.07) is 0. The van der Waals surface area contributed by atoms with Crippen LogP contribution in [0.2, 0.25) is 0 Å². The van der Waals surface area contributed by atoms with Crippen molar-refractivity contribution in [1.29, 1.82) is 0 Å². The Bertz CT molecular complexity index is 195. The van der Waals surface area contributed by atoms with Gasteiger partial charge in [0.2, 0.25) is 0 Å². The van der Waals surface area contributed by atoms with Gasteiger partial charge in [-0.15, -0.1) is 0 Å². The third-order valence-corrected chi connectivity index (χ3v) is 1.44. The van der Waals surface area contributed by atoms with Crippen LogP contribution >= 0.6 is 0 Å². The van der Waals surface area contributed by atoms with Crippen molar-refractivity contribution in [1.82, 2.24) is 5.32 Å². The molecular formula is C10H15F2N. The molecule has 3 heteroatoms. The molecule has 0 aromatic heterocycles. The van der Waals surface area contributed by atoms with Crippen LogP contribution in [0.25, 0.3) is 0 Å². The lowest BCUT2D eigenvalue weighted by molar-refractivity contribution is 0.147. The van der Waals surface area contributed by atoms with Gasteiger partial charge in [-0.05, 0) is 12.5 Å². The summed E-state index contributed by atoms with van der Waals surface area (Å²) in [6.07, 6.45) is 4.85. The highest BCUT2D eigenvalue weighted by molar-refractivity contribution is 5.22. The maximum Gasteiger partial charge on any atom is 0.250 e. The molecule has 0 rings (SSSR count). The predicted molar refractivity (Wildman–Crippen MR) is 52.0 cm³/mol. The van der Waals surface area contributed by atoms with Gasteiger partial charge in [0.25, 0.3) is 6.43 Å². The molecule has 0 fully saturated rings. The molecule has 0 aromatic rings. The molecule has 0 heterocycles. The lowest BCUT2D eigenvalue weighted by atomic mass is 10.2. The summed E-state index contributed by atoms with van der Waals surface area (Å²) >= 11 is 0. The molecule has 0 aliphatic heterocycles. The Hall–Kier alpha value is -0.960. The third-order valence-electron chi connectivity index (χ3n) is 1.44. The molecule has 0 aliphatic rings. The largest absolute Gasteiger partial charge is 0.307 e. The molecule has 0 spiro atoms. The number of allylic oxidation sites excluding steroid dienone is 3. The van der Waals surface area contributed by atoms with Crippen molar-refractivity contribution in [3.63, 3.8) is 0 Å². The maximum absolute atomic E-state index is 11.7. The fraction of sp³-hybridized carbons (Fsp3) is 0.400. The Kier molecular flexibility index (Phi) is 7.11. The van der Waals surface area contributed by atoms with Crippen LogP contribution in [0.1, 0.15) is 6.92 Å². The number of alkyl halides is 2. The zero-order valence-electron chi connectivity index (χ0n) is 7.76. The molecule has 0 unspecified atom stereocenters. The summed E-state index contributed by atoms with van der Waals surface area (Å²) < 4.78 is 23.5. The highest BCUT2D eigenvalue weighted by Gasteiger charge is 2.00. The van der Waals surface area contributed by atoms with E-state index in [0.717, 1.165) is 5.57 Å². The minimum Gasteiger partial charge on any atom is -0.307 e. The van der Waals surface area contributed by atoms with Gasteiger partial charge in [0.1, 0.15) is 0 Å². The Morgan fingerprint density at radius 2 is 2.23 bits per heavy atom. The normalized spacial score (nSPS) is 12.8. The Morgan fingerprint density at radius 3 is 2.69 bits per heavy atom. The van der Waals surface area contributed by atoms with Crippen molar-refractivity contribution in [3.05, 3.63) is 36.5 Å². The topological polar surface area (TPSA) is 12.0 Å². The van der Waals surface area contributed by atoms with Gasteiger partial charge in [-0.3, -0.25) is 0 Å². The number of nitrogens with one attached hydrogen (secondary N) is 1. The molecule has 0 radical (unpaired) electrons. The summed E-state index contributed by atoms with van der Waals surface area (Å²) in [5, 5.41) is 2.64.